The molecule has 1 amide bonds. The summed E-state index contributed by atoms with van der Waals surface area (Å²) in [6, 6.07) is 11.9. The van der Waals surface area contributed by atoms with Crippen molar-refractivity contribution in [1.29, 1.82) is 0 Å². The molecule has 0 unspecified atom stereocenters. The quantitative estimate of drug-likeness (QED) is 0.889. The molecule has 5 heteroatoms. The fourth-order valence-electron chi connectivity index (χ4n) is 1.89. The highest BCUT2D eigenvalue weighted by atomic mass is 19.1. The zero-order chi connectivity index (χ0) is 15.2. The van der Waals surface area contributed by atoms with Gasteiger partial charge in [0.25, 0.3) is 5.91 Å². The van der Waals surface area contributed by atoms with Crippen molar-refractivity contribution >= 4 is 11.6 Å². The Hall–Kier alpha value is -2.56. The van der Waals surface area contributed by atoms with Crippen LogP contribution in [0.2, 0.25) is 0 Å². The molecule has 0 aliphatic carbocycles. The highest BCUT2D eigenvalue weighted by molar-refractivity contribution is 5.93. The Labute approximate surface area is 122 Å². The van der Waals surface area contributed by atoms with Crippen LogP contribution in [0.5, 0.6) is 5.75 Å². The predicted octanol–water partition coefficient (Wildman–Crippen LogP) is 2.81. The molecule has 0 bridgehead atoms. The van der Waals surface area contributed by atoms with Crippen molar-refractivity contribution < 1.29 is 13.9 Å². The number of nitrogens with one attached hydrogen (secondary N) is 2. The Morgan fingerprint density at radius 3 is 2.52 bits per heavy atom. The van der Waals surface area contributed by atoms with Crippen LogP contribution >= 0.6 is 0 Å². The third-order valence-corrected chi connectivity index (χ3v) is 3.09. The van der Waals surface area contributed by atoms with Gasteiger partial charge < -0.3 is 15.4 Å². The normalized spacial score (nSPS) is 10.0. The molecule has 0 fully saturated rings. The van der Waals surface area contributed by atoms with E-state index in [2.05, 4.69) is 10.6 Å². The van der Waals surface area contributed by atoms with Gasteiger partial charge in [-0.1, -0.05) is 12.1 Å². The molecule has 2 N–H and O–H groups in total. The number of anilines is 1. The molecule has 0 aliphatic rings. The summed E-state index contributed by atoms with van der Waals surface area (Å²) in [6.07, 6.45) is 0. The van der Waals surface area contributed by atoms with Gasteiger partial charge in [0.1, 0.15) is 0 Å². The fourth-order valence-corrected chi connectivity index (χ4v) is 1.89. The van der Waals surface area contributed by atoms with Crippen molar-refractivity contribution in [3.8, 4) is 5.75 Å². The Kier molecular flexibility index (Phi) is 4.77. The van der Waals surface area contributed by atoms with Crippen molar-refractivity contribution in [2.45, 2.75) is 6.54 Å². The first-order chi connectivity index (χ1) is 10.1. The molecule has 0 atom stereocenters. The molecule has 110 valence electrons. The lowest BCUT2D eigenvalue weighted by Gasteiger charge is -2.09. The van der Waals surface area contributed by atoms with Gasteiger partial charge in [0.15, 0.2) is 11.6 Å². The van der Waals surface area contributed by atoms with Gasteiger partial charge in [-0.15, -0.1) is 0 Å². The van der Waals surface area contributed by atoms with E-state index in [0.29, 0.717) is 12.1 Å². The number of carbonyl (C=O) groups is 1. The first-order valence-electron chi connectivity index (χ1n) is 6.52. The standard InChI is InChI=1S/C16H17FN2O2/c1-18-16(20)12-5-3-11(4-6-12)10-19-13-7-8-14(17)15(9-13)21-2/h3-9,19H,10H2,1-2H3,(H,18,20). The Balaban J connectivity index is 2.01. The number of rotatable bonds is 5. The number of amides is 1. The molecular formula is C16H17FN2O2. The van der Waals surface area contributed by atoms with E-state index in [0.717, 1.165) is 11.3 Å². The number of hydrogen-bond donors (Lipinski definition) is 2. The summed E-state index contributed by atoms with van der Waals surface area (Å²) in [4.78, 5) is 11.4. The van der Waals surface area contributed by atoms with Crippen LogP contribution in [0.25, 0.3) is 0 Å². The Morgan fingerprint density at radius 2 is 1.90 bits per heavy atom. The van der Waals surface area contributed by atoms with E-state index in [1.165, 1.54) is 13.2 Å². The van der Waals surface area contributed by atoms with Gasteiger partial charge >= 0.3 is 0 Å². The summed E-state index contributed by atoms with van der Waals surface area (Å²) >= 11 is 0. The zero-order valence-electron chi connectivity index (χ0n) is 11.9. The second kappa shape index (κ2) is 6.74. The van der Waals surface area contributed by atoms with Crippen molar-refractivity contribution in [1.82, 2.24) is 5.32 Å². The molecule has 0 saturated carbocycles. The van der Waals surface area contributed by atoms with Gasteiger partial charge in [0.05, 0.1) is 7.11 Å². The first kappa shape index (κ1) is 14.8. The molecule has 2 aromatic carbocycles. The van der Waals surface area contributed by atoms with E-state index in [1.807, 2.05) is 12.1 Å². The van der Waals surface area contributed by atoms with Crippen LogP contribution in [-0.4, -0.2) is 20.1 Å². The van der Waals surface area contributed by atoms with Crippen LogP contribution in [0.4, 0.5) is 10.1 Å². The number of benzene rings is 2. The molecule has 0 aliphatic heterocycles. The highest BCUT2D eigenvalue weighted by Gasteiger charge is 2.04. The second-order valence-corrected chi connectivity index (χ2v) is 4.48. The van der Waals surface area contributed by atoms with Crippen LogP contribution in [0, 0.1) is 5.82 Å². The SMILES string of the molecule is CNC(=O)c1ccc(CNc2ccc(F)c(OC)c2)cc1. The van der Waals surface area contributed by atoms with E-state index >= 15 is 0 Å². The predicted molar refractivity (Wildman–Crippen MR) is 80.1 cm³/mol. The van der Waals surface area contributed by atoms with Crippen LogP contribution in [0.1, 0.15) is 15.9 Å². The summed E-state index contributed by atoms with van der Waals surface area (Å²) in [5.74, 6) is -0.300. The molecule has 0 spiro atoms. The first-order valence-corrected chi connectivity index (χ1v) is 6.52. The summed E-state index contributed by atoms with van der Waals surface area (Å²) in [5, 5.41) is 5.75. The maximum absolute atomic E-state index is 13.3. The summed E-state index contributed by atoms with van der Waals surface area (Å²) in [5.41, 5.74) is 2.40. The van der Waals surface area contributed by atoms with Crippen molar-refractivity contribution in [2.24, 2.45) is 0 Å². The van der Waals surface area contributed by atoms with Crippen molar-refractivity contribution in [3.05, 3.63) is 59.4 Å². The summed E-state index contributed by atoms with van der Waals surface area (Å²) in [6.45, 7) is 0.572. The van der Waals surface area contributed by atoms with E-state index in [1.54, 1.807) is 31.3 Å². The molecule has 4 nitrogen and oxygen atoms in total. The van der Waals surface area contributed by atoms with E-state index < -0.39 is 5.82 Å². The minimum Gasteiger partial charge on any atom is -0.494 e. The molecule has 0 saturated heterocycles. The smallest absolute Gasteiger partial charge is 0.251 e. The van der Waals surface area contributed by atoms with Crippen LogP contribution in [0.3, 0.4) is 0 Å². The molecule has 0 heterocycles. The minimum atomic E-state index is -0.391. The van der Waals surface area contributed by atoms with Gasteiger partial charge in [0.2, 0.25) is 0 Å². The Bertz CT molecular complexity index is 627. The summed E-state index contributed by atoms with van der Waals surface area (Å²) in [7, 11) is 3.03. The molecule has 0 aromatic heterocycles. The van der Waals surface area contributed by atoms with Crippen molar-refractivity contribution in [2.75, 3.05) is 19.5 Å². The lowest BCUT2D eigenvalue weighted by Crippen LogP contribution is -2.17. The lowest BCUT2D eigenvalue weighted by molar-refractivity contribution is 0.0963. The molecule has 0 radical (unpaired) electrons. The molecule has 2 aromatic rings. The second-order valence-electron chi connectivity index (χ2n) is 4.48. The van der Waals surface area contributed by atoms with Gasteiger partial charge in [0, 0.05) is 30.9 Å². The highest BCUT2D eigenvalue weighted by Crippen LogP contribution is 2.21. The third kappa shape index (κ3) is 3.72. The van der Waals surface area contributed by atoms with Crippen LogP contribution < -0.4 is 15.4 Å². The number of ether oxygens (including phenoxy) is 1. The number of carbonyl (C=O) groups excluding carboxylic acids is 1. The molecule has 21 heavy (non-hydrogen) atoms. The maximum Gasteiger partial charge on any atom is 0.251 e. The zero-order valence-corrected chi connectivity index (χ0v) is 11.9. The number of methoxy groups -OCH3 is 1. The fraction of sp³-hybridized carbons (Fsp3) is 0.188. The number of hydrogen-bond acceptors (Lipinski definition) is 3. The summed E-state index contributed by atoms with van der Waals surface area (Å²) < 4.78 is 18.2. The monoisotopic (exact) mass is 288 g/mol. The van der Waals surface area contributed by atoms with Gasteiger partial charge in [-0.05, 0) is 29.8 Å². The van der Waals surface area contributed by atoms with Gasteiger partial charge in [-0.3, -0.25) is 4.79 Å². The average Bonchev–Trinajstić information content (AvgIpc) is 2.53. The van der Waals surface area contributed by atoms with E-state index in [4.69, 9.17) is 4.74 Å². The van der Waals surface area contributed by atoms with Gasteiger partial charge in [-0.2, -0.15) is 0 Å². The van der Waals surface area contributed by atoms with Gasteiger partial charge in [-0.25, -0.2) is 4.39 Å². The average molecular weight is 288 g/mol. The lowest BCUT2D eigenvalue weighted by atomic mass is 10.1. The topological polar surface area (TPSA) is 50.4 Å². The third-order valence-electron chi connectivity index (χ3n) is 3.09. The van der Waals surface area contributed by atoms with E-state index in [9.17, 15) is 9.18 Å². The largest absolute Gasteiger partial charge is 0.494 e. The maximum atomic E-state index is 13.3. The molecule has 2 rings (SSSR count). The van der Waals surface area contributed by atoms with Crippen molar-refractivity contribution in [3.63, 3.8) is 0 Å². The van der Waals surface area contributed by atoms with E-state index in [-0.39, 0.29) is 11.7 Å². The number of halogens is 1. The Morgan fingerprint density at radius 1 is 1.19 bits per heavy atom. The van der Waals surface area contributed by atoms with Crippen LogP contribution in [-0.2, 0) is 6.54 Å². The molecular weight excluding hydrogens is 271 g/mol. The van der Waals surface area contributed by atoms with Crippen LogP contribution in [0.15, 0.2) is 42.5 Å². The minimum absolute atomic E-state index is 0.113.